The van der Waals surface area contributed by atoms with E-state index >= 15 is 0 Å². The van der Waals surface area contributed by atoms with Gasteiger partial charge in [0.1, 0.15) is 40.9 Å². The van der Waals surface area contributed by atoms with Crippen LogP contribution in [0.1, 0.15) is 35.8 Å². The number of carboxylic acid groups (broad SMARTS) is 1. The Morgan fingerprint density at radius 3 is 2.30 bits per heavy atom. The third kappa shape index (κ3) is 4.95. The van der Waals surface area contributed by atoms with Gasteiger partial charge in [-0.15, -0.1) is 11.8 Å². The highest BCUT2D eigenvalue weighted by Gasteiger charge is 2.64. The average molecular weight is 598 g/mol. The number of rotatable bonds is 7. The molecule has 1 unspecified atom stereocenters. The first-order valence-corrected chi connectivity index (χ1v) is 14.4. The van der Waals surface area contributed by atoms with Crippen LogP contribution in [0.3, 0.4) is 0 Å². The quantitative estimate of drug-likeness (QED) is 0.274. The lowest BCUT2D eigenvalue weighted by Crippen LogP contribution is -2.71. The summed E-state index contributed by atoms with van der Waals surface area (Å²) in [6.07, 6.45) is 1.07. The zero-order chi connectivity index (χ0) is 30.5. The van der Waals surface area contributed by atoms with Gasteiger partial charge in [0.2, 0.25) is 17.2 Å². The number of nitrogens with one attached hydrogen (secondary N) is 2. The van der Waals surface area contributed by atoms with Crippen molar-refractivity contribution in [1.82, 2.24) is 15.5 Å². The molecular formula is C32H27N3O7S. The van der Waals surface area contributed by atoms with E-state index in [0.29, 0.717) is 11.1 Å². The Kier molecular flexibility index (Phi) is 7.05. The number of β-lactam (4-membered cyclic amide) rings is 1. The molecule has 11 heteroatoms. The van der Waals surface area contributed by atoms with Crippen LogP contribution in [-0.4, -0.2) is 55.9 Å². The molecule has 2 aliphatic rings. The molecule has 0 saturated carbocycles. The Morgan fingerprint density at radius 1 is 0.953 bits per heavy atom. The van der Waals surface area contributed by atoms with Crippen molar-refractivity contribution < 1.29 is 28.7 Å². The number of thioether (sulfide) groups is 1. The number of carbonyl (C=O) groups excluding carboxylic acids is 3. The first kappa shape index (κ1) is 28.2. The molecule has 3 heterocycles. The van der Waals surface area contributed by atoms with Gasteiger partial charge in [0, 0.05) is 4.75 Å². The van der Waals surface area contributed by atoms with Gasteiger partial charge in [-0.05, 0) is 42.7 Å². The lowest BCUT2D eigenvalue weighted by atomic mass is 9.95. The highest BCUT2D eigenvalue weighted by molar-refractivity contribution is 8.01. The Labute approximate surface area is 250 Å². The van der Waals surface area contributed by atoms with E-state index in [-0.39, 0.29) is 10.9 Å². The summed E-state index contributed by atoms with van der Waals surface area (Å²) in [6.45, 7) is 3.48. The molecule has 4 atom stereocenters. The van der Waals surface area contributed by atoms with Crippen LogP contribution in [0.5, 0.6) is 0 Å². The van der Waals surface area contributed by atoms with Crippen LogP contribution in [-0.2, 0) is 14.4 Å². The number of aliphatic carboxylic acids is 1. The topological polar surface area (TPSA) is 146 Å². The molecule has 10 nitrogen and oxygen atoms in total. The number of carbonyl (C=O) groups is 4. The van der Waals surface area contributed by atoms with E-state index in [4.69, 9.17) is 4.42 Å². The van der Waals surface area contributed by atoms with E-state index in [1.807, 2.05) is 36.4 Å². The van der Waals surface area contributed by atoms with Crippen molar-refractivity contribution in [3.05, 3.63) is 106 Å². The number of fused-ring (bicyclic) bond motifs is 2. The number of nitrogens with zero attached hydrogens (tertiary/aromatic N) is 1. The number of benzene rings is 3. The molecular weight excluding hydrogens is 570 g/mol. The number of hydrogen-bond donors (Lipinski definition) is 3. The highest BCUT2D eigenvalue weighted by Crippen LogP contribution is 2.50. The van der Waals surface area contributed by atoms with Crippen molar-refractivity contribution >= 4 is 46.4 Å². The van der Waals surface area contributed by atoms with Crippen LogP contribution in [0.4, 0.5) is 0 Å². The van der Waals surface area contributed by atoms with Gasteiger partial charge >= 0.3 is 5.97 Å². The number of hydrogen-bond acceptors (Lipinski definition) is 7. The minimum atomic E-state index is -1.25. The van der Waals surface area contributed by atoms with Crippen LogP contribution in [0.15, 0.2) is 94.3 Å². The van der Waals surface area contributed by atoms with E-state index in [9.17, 15) is 29.1 Å². The molecule has 3 N–H and O–H groups in total. The van der Waals surface area contributed by atoms with Gasteiger partial charge in [-0.25, -0.2) is 4.79 Å². The number of amides is 3. The predicted octanol–water partition coefficient (Wildman–Crippen LogP) is 3.56. The molecule has 0 spiro atoms. The molecule has 0 aliphatic carbocycles. The fraction of sp³-hybridized carbons (Fsp3) is 0.219. The summed E-state index contributed by atoms with van der Waals surface area (Å²) in [4.78, 5) is 66.7. The van der Waals surface area contributed by atoms with Crippen molar-refractivity contribution in [2.24, 2.45) is 0 Å². The molecule has 218 valence electrons. The predicted molar refractivity (Wildman–Crippen MR) is 160 cm³/mol. The highest BCUT2D eigenvalue weighted by atomic mass is 32.2. The van der Waals surface area contributed by atoms with Crippen LogP contribution >= 0.6 is 11.8 Å². The largest absolute Gasteiger partial charge is 0.480 e. The van der Waals surface area contributed by atoms with Gasteiger partial charge in [0.15, 0.2) is 0 Å². The standard InChI is InChI=1S/C32H27N3O7S/c1-32(2)26(31(40)41)35-29(39)24(30(35)43-32)34-28(38)23(18-11-7-4-8-12-18)33-27(37)21-16-42-22-14-13-19(15-20(22)25(21)36)17-9-5-3-6-10-17/h3-16,23-24,26,30H,1-2H3,(H,33,37)(H,34,38)(H,40,41)/t23?,24-,26+,30-/m1/s1. The van der Waals surface area contributed by atoms with Gasteiger partial charge in [-0.3, -0.25) is 19.2 Å². The van der Waals surface area contributed by atoms with Gasteiger partial charge in [-0.2, -0.15) is 0 Å². The van der Waals surface area contributed by atoms with Crippen molar-refractivity contribution in [3.63, 3.8) is 0 Å². The molecule has 0 radical (unpaired) electrons. The minimum absolute atomic E-state index is 0.212. The Balaban J connectivity index is 1.27. The summed E-state index contributed by atoms with van der Waals surface area (Å²) in [5, 5.41) is 14.7. The van der Waals surface area contributed by atoms with Crippen molar-refractivity contribution in [2.75, 3.05) is 0 Å². The molecule has 3 amide bonds. The number of carboxylic acids is 1. The summed E-state index contributed by atoms with van der Waals surface area (Å²) in [5.41, 5.74) is 1.56. The van der Waals surface area contributed by atoms with E-state index in [1.165, 1.54) is 16.7 Å². The lowest BCUT2D eigenvalue weighted by Gasteiger charge is -2.44. The molecule has 3 aromatic carbocycles. The normalized spacial score (nSPS) is 21.0. The molecule has 1 aromatic heterocycles. The Morgan fingerprint density at radius 2 is 1.63 bits per heavy atom. The second-order valence-electron chi connectivity index (χ2n) is 11.0. The fourth-order valence-corrected chi connectivity index (χ4v) is 7.26. The first-order valence-electron chi connectivity index (χ1n) is 13.6. The monoisotopic (exact) mass is 597 g/mol. The van der Waals surface area contributed by atoms with Crippen molar-refractivity contribution in [2.45, 2.75) is 42.1 Å². The smallest absolute Gasteiger partial charge is 0.327 e. The summed E-state index contributed by atoms with van der Waals surface area (Å²) < 4.78 is 4.86. The van der Waals surface area contributed by atoms with Gasteiger partial charge in [0.05, 0.1) is 5.39 Å². The lowest BCUT2D eigenvalue weighted by molar-refractivity contribution is -0.161. The van der Waals surface area contributed by atoms with E-state index in [2.05, 4.69) is 10.6 Å². The second kappa shape index (κ2) is 10.7. The maximum Gasteiger partial charge on any atom is 0.327 e. The molecule has 43 heavy (non-hydrogen) atoms. The molecule has 0 bridgehead atoms. The SMILES string of the molecule is CC1(C)S[C@@H]2[C@H](NC(=O)C(NC(=O)c3coc4ccc(-c5ccccc5)cc4c3=O)c3ccccc3)C(=O)N2[C@H]1C(=O)O. The maximum atomic E-state index is 13.6. The van der Waals surface area contributed by atoms with Crippen LogP contribution < -0.4 is 16.1 Å². The van der Waals surface area contributed by atoms with Gasteiger partial charge < -0.3 is 25.1 Å². The zero-order valence-corrected chi connectivity index (χ0v) is 24.0. The Hall–Kier alpha value is -4.90. The van der Waals surface area contributed by atoms with E-state index in [1.54, 1.807) is 56.3 Å². The van der Waals surface area contributed by atoms with E-state index in [0.717, 1.165) is 17.4 Å². The summed E-state index contributed by atoms with van der Waals surface area (Å²) in [7, 11) is 0. The first-order chi connectivity index (χ1) is 20.6. The third-order valence-electron chi connectivity index (χ3n) is 7.77. The molecule has 6 rings (SSSR count). The van der Waals surface area contributed by atoms with Gasteiger partial charge in [-0.1, -0.05) is 66.7 Å². The summed E-state index contributed by atoms with van der Waals surface area (Å²) in [5.74, 6) is -3.12. The molecule has 2 saturated heterocycles. The third-order valence-corrected chi connectivity index (χ3v) is 9.34. The second-order valence-corrected chi connectivity index (χ2v) is 12.7. The maximum absolute atomic E-state index is 13.6. The fourth-order valence-electron chi connectivity index (χ4n) is 5.63. The average Bonchev–Trinajstić information content (AvgIpc) is 3.27. The summed E-state index contributed by atoms with van der Waals surface area (Å²) >= 11 is 1.30. The summed E-state index contributed by atoms with van der Waals surface area (Å²) in [6, 6.07) is 19.8. The molecule has 2 aliphatic heterocycles. The van der Waals surface area contributed by atoms with Crippen LogP contribution in [0.25, 0.3) is 22.1 Å². The van der Waals surface area contributed by atoms with E-state index < -0.39 is 57.4 Å². The minimum Gasteiger partial charge on any atom is -0.480 e. The zero-order valence-electron chi connectivity index (χ0n) is 23.1. The molecule has 2 fully saturated rings. The van der Waals surface area contributed by atoms with Crippen LogP contribution in [0, 0.1) is 0 Å². The van der Waals surface area contributed by atoms with Gasteiger partial charge in [0.25, 0.3) is 5.91 Å². The van der Waals surface area contributed by atoms with Crippen LogP contribution in [0.2, 0.25) is 0 Å². The van der Waals surface area contributed by atoms with Crippen molar-refractivity contribution in [1.29, 1.82) is 0 Å². The Bertz CT molecular complexity index is 1820. The van der Waals surface area contributed by atoms with Crippen molar-refractivity contribution in [3.8, 4) is 11.1 Å². The molecule has 4 aromatic rings.